The van der Waals surface area contributed by atoms with Crippen LogP contribution in [0.2, 0.25) is 5.02 Å². The normalized spacial score (nSPS) is 11.6. The number of hydrogen-bond acceptors (Lipinski definition) is 3. The Morgan fingerprint density at radius 3 is 2.39 bits per heavy atom. The Kier molecular flexibility index (Phi) is 11.9. The van der Waals surface area contributed by atoms with Gasteiger partial charge in [0.2, 0.25) is 11.8 Å². The fourth-order valence-electron chi connectivity index (χ4n) is 3.81. The first-order valence-electron chi connectivity index (χ1n) is 12.1. The van der Waals surface area contributed by atoms with Crippen LogP contribution in [0.5, 0.6) is 0 Å². The Morgan fingerprint density at radius 2 is 1.69 bits per heavy atom. The van der Waals surface area contributed by atoms with Crippen molar-refractivity contribution >= 4 is 51.1 Å². The molecule has 0 spiro atoms. The molecule has 36 heavy (non-hydrogen) atoms. The monoisotopic (exact) mass is 586 g/mol. The SMILES string of the molecule is CCCCNC(=O)[C@H](Cc1ccccc1)N(Cc1ccc(Br)cc1)C(=O)CSCc1cccc(Cl)c1. The summed E-state index contributed by atoms with van der Waals surface area (Å²) < 4.78 is 0.972. The number of carbonyl (C=O) groups is 2. The van der Waals surface area contributed by atoms with E-state index in [1.165, 1.54) is 11.8 Å². The van der Waals surface area contributed by atoms with Crippen molar-refractivity contribution in [3.8, 4) is 0 Å². The van der Waals surface area contributed by atoms with Gasteiger partial charge in [0.25, 0.3) is 0 Å². The Balaban J connectivity index is 1.82. The first kappa shape index (κ1) is 28.3. The second kappa shape index (κ2) is 15.1. The van der Waals surface area contributed by atoms with Crippen LogP contribution < -0.4 is 5.32 Å². The molecule has 0 bridgehead atoms. The number of hydrogen-bond donors (Lipinski definition) is 1. The van der Waals surface area contributed by atoms with Crippen LogP contribution in [0.25, 0.3) is 0 Å². The molecule has 0 saturated heterocycles. The van der Waals surface area contributed by atoms with E-state index >= 15 is 0 Å². The molecule has 3 aromatic rings. The fraction of sp³-hybridized carbons (Fsp3) is 0.310. The van der Waals surface area contributed by atoms with E-state index in [4.69, 9.17) is 11.6 Å². The Morgan fingerprint density at radius 1 is 0.972 bits per heavy atom. The molecule has 0 saturated carbocycles. The van der Waals surface area contributed by atoms with Gasteiger partial charge in [-0.3, -0.25) is 9.59 Å². The number of carbonyl (C=O) groups excluding carboxylic acids is 2. The van der Waals surface area contributed by atoms with Crippen LogP contribution in [0, 0.1) is 0 Å². The maximum atomic E-state index is 13.6. The van der Waals surface area contributed by atoms with E-state index in [-0.39, 0.29) is 17.6 Å². The van der Waals surface area contributed by atoms with Gasteiger partial charge < -0.3 is 10.2 Å². The van der Waals surface area contributed by atoms with E-state index in [0.29, 0.717) is 30.3 Å². The van der Waals surface area contributed by atoms with Crippen molar-refractivity contribution in [1.82, 2.24) is 10.2 Å². The molecule has 190 valence electrons. The third kappa shape index (κ3) is 9.30. The Bertz CT molecular complexity index is 1110. The lowest BCUT2D eigenvalue weighted by Gasteiger charge is -2.31. The van der Waals surface area contributed by atoms with Crippen LogP contribution in [0.15, 0.2) is 83.3 Å². The predicted molar refractivity (Wildman–Crippen MR) is 154 cm³/mol. The topological polar surface area (TPSA) is 49.4 Å². The largest absolute Gasteiger partial charge is 0.354 e. The summed E-state index contributed by atoms with van der Waals surface area (Å²) in [7, 11) is 0. The van der Waals surface area contributed by atoms with Gasteiger partial charge in [0.1, 0.15) is 6.04 Å². The van der Waals surface area contributed by atoms with Crippen LogP contribution in [0.1, 0.15) is 36.5 Å². The number of amides is 2. The van der Waals surface area contributed by atoms with Gasteiger partial charge in [-0.1, -0.05) is 95.5 Å². The minimum atomic E-state index is -0.604. The maximum Gasteiger partial charge on any atom is 0.243 e. The zero-order chi connectivity index (χ0) is 25.8. The minimum Gasteiger partial charge on any atom is -0.354 e. The van der Waals surface area contributed by atoms with Crippen LogP contribution in [0.4, 0.5) is 0 Å². The summed E-state index contributed by atoms with van der Waals surface area (Å²) in [5, 5.41) is 3.74. The molecule has 2 amide bonds. The number of halogens is 2. The summed E-state index contributed by atoms with van der Waals surface area (Å²) in [6.07, 6.45) is 2.35. The molecule has 7 heteroatoms. The summed E-state index contributed by atoms with van der Waals surface area (Å²) in [5.74, 6) is 0.773. The second-order valence-corrected chi connectivity index (χ2v) is 11.0. The lowest BCUT2D eigenvalue weighted by atomic mass is 10.0. The molecule has 0 aromatic heterocycles. The van der Waals surface area contributed by atoms with Crippen LogP contribution in [0.3, 0.4) is 0 Å². The highest BCUT2D eigenvalue weighted by Gasteiger charge is 2.30. The van der Waals surface area contributed by atoms with E-state index in [2.05, 4.69) is 28.2 Å². The molecule has 0 heterocycles. The first-order valence-corrected chi connectivity index (χ1v) is 14.5. The molecule has 0 fully saturated rings. The highest BCUT2D eigenvalue weighted by molar-refractivity contribution is 9.10. The summed E-state index contributed by atoms with van der Waals surface area (Å²) >= 11 is 11.1. The minimum absolute atomic E-state index is 0.0588. The number of thioether (sulfide) groups is 1. The zero-order valence-corrected chi connectivity index (χ0v) is 23.6. The molecule has 3 aromatic carbocycles. The molecule has 1 atom stereocenters. The number of unbranched alkanes of at least 4 members (excludes halogenated alkanes) is 1. The van der Waals surface area contributed by atoms with Crippen LogP contribution in [-0.4, -0.2) is 35.1 Å². The summed E-state index contributed by atoms with van der Waals surface area (Å²) in [5.41, 5.74) is 3.07. The quantitative estimate of drug-likeness (QED) is 0.222. The molecule has 0 aliphatic heterocycles. The Labute approximate surface area is 231 Å². The lowest BCUT2D eigenvalue weighted by molar-refractivity contribution is -0.139. The van der Waals surface area contributed by atoms with E-state index in [0.717, 1.165) is 34.0 Å². The predicted octanol–water partition coefficient (Wildman–Crippen LogP) is 6.89. The summed E-state index contributed by atoms with van der Waals surface area (Å²) in [6.45, 7) is 3.06. The van der Waals surface area contributed by atoms with Crippen molar-refractivity contribution in [3.63, 3.8) is 0 Å². The van der Waals surface area contributed by atoms with Gasteiger partial charge in [-0.05, 0) is 47.4 Å². The number of benzene rings is 3. The van der Waals surface area contributed by atoms with Crippen molar-refractivity contribution < 1.29 is 9.59 Å². The molecule has 0 aliphatic rings. The molecular formula is C29H32BrClN2O2S. The third-order valence-corrected chi connectivity index (χ3v) is 7.50. The molecule has 1 N–H and O–H groups in total. The highest BCUT2D eigenvalue weighted by atomic mass is 79.9. The van der Waals surface area contributed by atoms with Gasteiger partial charge >= 0.3 is 0 Å². The van der Waals surface area contributed by atoms with E-state index in [9.17, 15) is 9.59 Å². The second-order valence-electron chi connectivity index (χ2n) is 8.62. The van der Waals surface area contributed by atoms with E-state index in [1.54, 1.807) is 4.90 Å². The Hall–Kier alpha value is -2.28. The van der Waals surface area contributed by atoms with Crippen molar-refractivity contribution in [2.45, 2.75) is 44.5 Å². The summed E-state index contributed by atoms with van der Waals surface area (Å²) in [6, 6.07) is 24.8. The average molecular weight is 588 g/mol. The zero-order valence-electron chi connectivity index (χ0n) is 20.5. The van der Waals surface area contributed by atoms with Crippen molar-refractivity contribution in [2.75, 3.05) is 12.3 Å². The number of nitrogens with zero attached hydrogens (tertiary/aromatic N) is 1. The number of rotatable bonds is 13. The molecule has 4 nitrogen and oxygen atoms in total. The lowest BCUT2D eigenvalue weighted by Crippen LogP contribution is -2.51. The fourth-order valence-corrected chi connectivity index (χ4v) is 5.15. The van der Waals surface area contributed by atoms with Crippen molar-refractivity contribution in [3.05, 3.63) is 105 Å². The smallest absolute Gasteiger partial charge is 0.243 e. The van der Waals surface area contributed by atoms with Gasteiger partial charge in [-0.15, -0.1) is 11.8 Å². The molecular weight excluding hydrogens is 556 g/mol. The van der Waals surface area contributed by atoms with Gasteiger partial charge in [0.15, 0.2) is 0 Å². The highest BCUT2D eigenvalue weighted by Crippen LogP contribution is 2.21. The van der Waals surface area contributed by atoms with E-state index in [1.807, 2.05) is 78.9 Å². The summed E-state index contributed by atoms with van der Waals surface area (Å²) in [4.78, 5) is 28.8. The third-order valence-electron chi connectivity index (χ3n) is 5.75. The van der Waals surface area contributed by atoms with Crippen LogP contribution >= 0.6 is 39.3 Å². The molecule has 0 radical (unpaired) electrons. The maximum absolute atomic E-state index is 13.6. The van der Waals surface area contributed by atoms with Crippen molar-refractivity contribution in [1.29, 1.82) is 0 Å². The van der Waals surface area contributed by atoms with E-state index < -0.39 is 6.04 Å². The van der Waals surface area contributed by atoms with Gasteiger partial charge in [-0.2, -0.15) is 0 Å². The van der Waals surface area contributed by atoms with Crippen molar-refractivity contribution in [2.24, 2.45) is 0 Å². The average Bonchev–Trinajstić information content (AvgIpc) is 2.88. The van der Waals surface area contributed by atoms with Gasteiger partial charge in [0, 0.05) is 34.8 Å². The molecule has 0 unspecified atom stereocenters. The van der Waals surface area contributed by atoms with Gasteiger partial charge in [-0.25, -0.2) is 0 Å². The number of nitrogens with one attached hydrogen (secondary N) is 1. The molecule has 0 aliphatic carbocycles. The first-order chi connectivity index (χ1) is 17.5. The van der Waals surface area contributed by atoms with Crippen LogP contribution in [-0.2, 0) is 28.3 Å². The molecule has 3 rings (SSSR count). The standard InChI is InChI=1S/C29H32BrClN2O2S/c1-2-3-16-32-29(35)27(18-22-8-5-4-6-9-22)33(19-23-12-14-25(30)15-13-23)28(34)21-36-20-24-10-7-11-26(31)17-24/h4-15,17,27H,2-3,16,18-21H2,1H3,(H,32,35)/t27-/m0/s1. The van der Waals surface area contributed by atoms with Gasteiger partial charge in [0.05, 0.1) is 5.75 Å².